The molecule has 7 heteroatoms. The van der Waals surface area contributed by atoms with Gasteiger partial charge in [0.2, 0.25) is 0 Å². The van der Waals surface area contributed by atoms with Crippen molar-refractivity contribution in [3.05, 3.63) is 78.4 Å². The van der Waals surface area contributed by atoms with E-state index in [-0.39, 0.29) is 5.92 Å². The summed E-state index contributed by atoms with van der Waals surface area (Å²) in [4.78, 5) is 11.9. The molecule has 0 radical (unpaired) electrons. The maximum Gasteiger partial charge on any atom is 0.321 e. The van der Waals surface area contributed by atoms with E-state index in [9.17, 15) is 14.1 Å². The molecule has 1 saturated carbocycles. The lowest BCUT2D eigenvalue weighted by molar-refractivity contribution is -0.140. The molecule has 2 N–H and O–H groups in total. The molecular weight excluding hydrogens is 510 g/mol. The lowest BCUT2D eigenvalue weighted by atomic mass is 10.0. The molecule has 0 aliphatic heterocycles. The first-order valence-electron chi connectivity index (χ1n) is 13.7. The fourth-order valence-electron chi connectivity index (χ4n) is 4.31. The van der Waals surface area contributed by atoms with Gasteiger partial charge < -0.3 is 14.6 Å². The number of hydrogen-bond donors (Lipinski definition) is 2. The number of rotatable bonds is 10. The highest BCUT2D eigenvalue weighted by atomic mass is 32.2. The number of methoxy groups -OCH3 is 1. The van der Waals surface area contributed by atoms with Gasteiger partial charge in [0.1, 0.15) is 35.1 Å². The lowest BCUT2D eigenvalue weighted by Crippen LogP contribution is -2.41. The molecule has 1 aliphatic carbocycles. The van der Waals surface area contributed by atoms with Crippen molar-refractivity contribution in [1.82, 2.24) is 4.72 Å². The van der Waals surface area contributed by atoms with E-state index in [1.807, 2.05) is 60.7 Å². The lowest BCUT2D eigenvalue weighted by Gasteiger charge is -2.17. The maximum absolute atomic E-state index is 12.5. The van der Waals surface area contributed by atoms with Crippen LogP contribution in [0.15, 0.2) is 77.7 Å². The highest BCUT2D eigenvalue weighted by Gasteiger charge is 2.23. The Hall–Kier alpha value is -3.16. The molecule has 39 heavy (non-hydrogen) atoms. The molecule has 4 rings (SSSR count). The van der Waals surface area contributed by atoms with Crippen LogP contribution in [-0.2, 0) is 22.4 Å². The number of benzene rings is 3. The number of ether oxygens (including phenoxy) is 2. The van der Waals surface area contributed by atoms with Gasteiger partial charge in [-0.25, -0.2) is 8.93 Å². The number of carbonyl (C=O) groups is 1. The van der Waals surface area contributed by atoms with Crippen LogP contribution in [0.3, 0.4) is 0 Å². The highest BCUT2D eigenvalue weighted by molar-refractivity contribution is 7.83. The molecule has 2 unspecified atom stereocenters. The van der Waals surface area contributed by atoms with E-state index in [1.54, 1.807) is 33.1 Å². The number of carboxylic acids is 1. The Morgan fingerprint density at radius 2 is 1.36 bits per heavy atom. The largest absolute Gasteiger partial charge is 0.497 e. The van der Waals surface area contributed by atoms with Gasteiger partial charge in [-0.2, -0.15) is 0 Å². The standard InChI is InChI=1S/C25H27NO5S.C7H14/c1-17(2)24(25(27)28)26-32(29)23-13-11-20(12-14-23)19-9-7-18(8-10-19)16-31-22-6-4-5-21(15-22)30-3;1-2-4-6-7-5-3-1/h4-15,17,24,26H,16H2,1-3H3,(H,27,28);1-7H2. The van der Waals surface area contributed by atoms with Gasteiger partial charge in [-0.05, 0) is 46.9 Å². The molecular formula is C32H41NO5S. The van der Waals surface area contributed by atoms with Crippen molar-refractivity contribution in [1.29, 1.82) is 0 Å². The third kappa shape index (κ3) is 10.2. The normalized spacial score (nSPS) is 14.9. The van der Waals surface area contributed by atoms with Crippen molar-refractivity contribution in [2.45, 2.75) is 76.3 Å². The summed E-state index contributed by atoms with van der Waals surface area (Å²) in [5.74, 6) is 0.302. The summed E-state index contributed by atoms with van der Waals surface area (Å²) >= 11 is 0. The minimum absolute atomic E-state index is 0.179. The summed E-state index contributed by atoms with van der Waals surface area (Å²) in [5.41, 5.74) is 3.03. The van der Waals surface area contributed by atoms with Crippen molar-refractivity contribution in [2.24, 2.45) is 5.92 Å². The Balaban J connectivity index is 0.000000520. The summed E-state index contributed by atoms with van der Waals surface area (Å²) in [7, 11) is 0.0192. The van der Waals surface area contributed by atoms with E-state index in [1.165, 1.54) is 44.9 Å². The first-order chi connectivity index (χ1) is 18.9. The third-order valence-electron chi connectivity index (χ3n) is 6.72. The van der Waals surface area contributed by atoms with Crippen molar-refractivity contribution >= 4 is 17.0 Å². The van der Waals surface area contributed by atoms with E-state index in [2.05, 4.69) is 4.72 Å². The molecule has 6 nitrogen and oxygen atoms in total. The average Bonchev–Trinajstić information content (AvgIpc) is 3.28. The Morgan fingerprint density at radius 3 is 1.85 bits per heavy atom. The van der Waals surface area contributed by atoms with Gasteiger partial charge in [0.25, 0.3) is 0 Å². The van der Waals surface area contributed by atoms with Crippen molar-refractivity contribution < 1.29 is 23.6 Å². The Morgan fingerprint density at radius 1 is 0.846 bits per heavy atom. The summed E-state index contributed by atoms with van der Waals surface area (Å²) in [6.07, 6.45) is 10.5. The Bertz CT molecular complexity index is 1160. The first-order valence-corrected chi connectivity index (χ1v) is 14.9. The number of hydrogen-bond acceptors (Lipinski definition) is 4. The minimum atomic E-state index is -1.60. The summed E-state index contributed by atoms with van der Waals surface area (Å²) < 4.78 is 26.2. The van der Waals surface area contributed by atoms with Gasteiger partial charge >= 0.3 is 5.97 Å². The van der Waals surface area contributed by atoms with Crippen molar-refractivity contribution in [3.8, 4) is 22.6 Å². The molecule has 2 atom stereocenters. The van der Waals surface area contributed by atoms with E-state index >= 15 is 0 Å². The van der Waals surface area contributed by atoms with Gasteiger partial charge in [-0.15, -0.1) is 0 Å². The van der Waals surface area contributed by atoms with Crippen LogP contribution in [0.25, 0.3) is 11.1 Å². The smallest absolute Gasteiger partial charge is 0.321 e. The number of nitrogens with one attached hydrogen (secondary N) is 1. The molecule has 3 aromatic rings. The minimum Gasteiger partial charge on any atom is -0.497 e. The number of carboxylic acid groups (broad SMARTS) is 1. The monoisotopic (exact) mass is 551 g/mol. The SMILES string of the molecule is C1CCCCCC1.COc1cccc(OCc2ccc(-c3ccc(S(=O)NC(C(=O)O)C(C)C)cc3)cc2)c1. The molecule has 0 spiro atoms. The van der Waals surface area contributed by atoms with Gasteiger partial charge in [0.05, 0.1) is 12.0 Å². The van der Waals surface area contributed by atoms with Crippen LogP contribution in [0.4, 0.5) is 0 Å². The third-order valence-corrected chi connectivity index (χ3v) is 7.89. The summed E-state index contributed by atoms with van der Waals surface area (Å²) in [6.45, 7) is 3.99. The second kappa shape index (κ2) is 16.1. The maximum atomic E-state index is 12.5. The van der Waals surface area contributed by atoms with Gasteiger partial charge in [0.15, 0.2) is 0 Å². The molecule has 210 valence electrons. The molecule has 0 saturated heterocycles. The molecule has 0 heterocycles. The Labute approximate surface area is 235 Å². The fraction of sp³-hybridized carbons (Fsp3) is 0.406. The molecule has 1 fully saturated rings. The summed E-state index contributed by atoms with van der Waals surface area (Å²) in [6, 6.07) is 21.9. The van der Waals surface area contributed by atoms with E-state index < -0.39 is 23.0 Å². The fourth-order valence-corrected chi connectivity index (χ4v) is 5.44. The zero-order chi connectivity index (χ0) is 28.0. The molecule has 0 aromatic heterocycles. The first kappa shape index (κ1) is 30.4. The van der Waals surface area contributed by atoms with Gasteiger partial charge in [-0.1, -0.05) is 101 Å². The van der Waals surface area contributed by atoms with Crippen LogP contribution in [0.2, 0.25) is 0 Å². The quantitative estimate of drug-likeness (QED) is 0.257. The van der Waals surface area contributed by atoms with Crippen LogP contribution >= 0.6 is 0 Å². The van der Waals surface area contributed by atoms with Gasteiger partial charge in [0, 0.05) is 6.07 Å². The predicted molar refractivity (Wildman–Crippen MR) is 157 cm³/mol. The molecule has 0 amide bonds. The summed E-state index contributed by atoms with van der Waals surface area (Å²) in [5, 5.41) is 9.27. The predicted octanol–water partition coefficient (Wildman–Crippen LogP) is 7.39. The zero-order valence-corrected chi connectivity index (χ0v) is 24.0. The van der Waals surface area contributed by atoms with Crippen molar-refractivity contribution in [3.63, 3.8) is 0 Å². The average molecular weight is 552 g/mol. The molecule has 0 bridgehead atoms. The second-order valence-electron chi connectivity index (χ2n) is 10.1. The zero-order valence-electron chi connectivity index (χ0n) is 23.2. The van der Waals surface area contributed by atoms with E-state index in [0.29, 0.717) is 11.5 Å². The highest BCUT2D eigenvalue weighted by Crippen LogP contribution is 2.23. The van der Waals surface area contributed by atoms with Crippen LogP contribution in [-0.4, -0.2) is 28.4 Å². The molecule has 3 aromatic carbocycles. The van der Waals surface area contributed by atoms with Crippen LogP contribution in [0, 0.1) is 5.92 Å². The van der Waals surface area contributed by atoms with Crippen LogP contribution in [0.1, 0.15) is 64.4 Å². The second-order valence-corrected chi connectivity index (χ2v) is 11.4. The molecule has 1 aliphatic rings. The topological polar surface area (TPSA) is 84.9 Å². The van der Waals surface area contributed by atoms with Gasteiger partial charge in [-0.3, -0.25) is 4.79 Å². The van der Waals surface area contributed by atoms with E-state index in [0.717, 1.165) is 28.2 Å². The Kier molecular flexibility index (Phi) is 12.5. The van der Waals surface area contributed by atoms with Crippen molar-refractivity contribution in [2.75, 3.05) is 7.11 Å². The van der Waals surface area contributed by atoms with Crippen LogP contribution < -0.4 is 14.2 Å². The van der Waals surface area contributed by atoms with E-state index in [4.69, 9.17) is 9.47 Å². The number of aliphatic carboxylic acids is 1. The van der Waals surface area contributed by atoms with Crippen LogP contribution in [0.5, 0.6) is 11.5 Å².